The van der Waals surface area contributed by atoms with Crippen molar-refractivity contribution in [3.63, 3.8) is 0 Å². The number of aliphatic hydroxyl groups is 15. The molecule has 4 aliphatic heterocycles. The maximum Gasteiger partial charge on any atom is 0.397 e. The predicted molar refractivity (Wildman–Crippen MR) is 231 cm³/mol. The van der Waals surface area contributed by atoms with Crippen LogP contribution in [-0.2, 0) is 71.7 Å². The SMILES string of the molecule is CC(=O)N[C@H]1[C@@H](O[C@@H]2[C@H](O)[C@@H](O)[C@H](O[C@@H]([C@@H](O)[C@H](O)CO[C@]3(C(=O)O)C[C@H](O)[C@@H](NC(C)=O)[C@H]([C@H](O)[C@H](O)CO)O3)[C@H](CO)NC(C)=O)O[C@@H]2CO)O[C@H](CO)[C@H](O)[C@@H]1O[C@@H]1O[C@H](CO)[C@H](O)[C@H](OS(=O)(=O)O)[C@H]1O. The molecule has 4 rings (SSSR count). The second kappa shape index (κ2) is 27.6. The molecule has 75 heavy (non-hydrogen) atoms. The monoisotopic (exact) mass is 1120 g/mol. The molecule has 4 fully saturated rings. The van der Waals surface area contributed by atoms with Crippen molar-refractivity contribution in [2.24, 2.45) is 0 Å². The van der Waals surface area contributed by atoms with Crippen LogP contribution < -0.4 is 16.0 Å². The van der Waals surface area contributed by atoms with E-state index in [0.717, 1.165) is 20.8 Å². The smallest absolute Gasteiger partial charge is 0.397 e. The van der Waals surface area contributed by atoms with Gasteiger partial charge in [-0.1, -0.05) is 0 Å². The Kier molecular flexibility index (Phi) is 23.7. The highest BCUT2D eigenvalue weighted by Gasteiger charge is 2.58. The van der Waals surface area contributed by atoms with Crippen molar-refractivity contribution in [1.29, 1.82) is 0 Å². The van der Waals surface area contributed by atoms with E-state index in [1.165, 1.54) is 0 Å². The zero-order valence-corrected chi connectivity index (χ0v) is 40.8. The van der Waals surface area contributed by atoms with Crippen molar-refractivity contribution in [1.82, 2.24) is 16.0 Å². The second-order valence-corrected chi connectivity index (χ2v) is 18.9. The molecule has 0 unspecified atom stereocenters. The van der Waals surface area contributed by atoms with Crippen molar-refractivity contribution >= 4 is 34.1 Å². The molecule has 436 valence electrons. The van der Waals surface area contributed by atoms with Gasteiger partial charge in [0.25, 0.3) is 5.79 Å². The summed E-state index contributed by atoms with van der Waals surface area (Å²) in [6.07, 6.45) is -45.8. The first-order valence-electron chi connectivity index (χ1n) is 22.8. The average Bonchev–Trinajstić information content (AvgIpc) is 3.34. The lowest BCUT2D eigenvalue weighted by atomic mass is 9.88. The first-order chi connectivity index (χ1) is 35.0. The molecule has 36 heteroatoms. The molecule has 0 aromatic heterocycles. The predicted octanol–water partition coefficient (Wildman–Crippen LogP) is -12.8. The summed E-state index contributed by atoms with van der Waals surface area (Å²) in [4.78, 5) is 49.4. The van der Waals surface area contributed by atoms with Crippen LogP contribution in [0.1, 0.15) is 27.2 Å². The zero-order valence-electron chi connectivity index (χ0n) is 39.9. The molecule has 3 amide bonds. The molecule has 0 aliphatic carbocycles. The number of aliphatic carboxylic acids is 1. The molecule has 20 N–H and O–H groups in total. The summed E-state index contributed by atoms with van der Waals surface area (Å²) >= 11 is 0. The maximum absolute atomic E-state index is 12.7. The number of carbonyl (C=O) groups excluding carboxylic acids is 3. The van der Waals surface area contributed by atoms with Crippen molar-refractivity contribution in [3.05, 3.63) is 0 Å². The quantitative estimate of drug-likeness (QED) is 0.0378. The topological polar surface area (TPSA) is 565 Å². The second-order valence-electron chi connectivity index (χ2n) is 17.9. The molecule has 4 saturated heterocycles. The molecule has 0 radical (unpaired) electrons. The number of hydrogen-bond donors (Lipinski definition) is 20. The third-order valence-electron chi connectivity index (χ3n) is 12.4. The number of hydrogen-bond acceptors (Lipinski definition) is 30. The molecular weight excluding hydrogens is 1050 g/mol. The number of ether oxygens (including phenoxy) is 8. The van der Waals surface area contributed by atoms with Crippen LogP contribution in [0.3, 0.4) is 0 Å². The molecule has 25 atom stereocenters. The maximum atomic E-state index is 12.7. The number of carboxylic acids is 1. The van der Waals surface area contributed by atoms with Gasteiger partial charge in [-0.2, -0.15) is 8.42 Å². The lowest BCUT2D eigenvalue weighted by Crippen LogP contribution is -2.70. The van der Waals surface area contributed by atoms with Gasteiger partial charge in [0.05, 0.1) is 57.8 Å². The summed E-state index contributed by atoms with van der Waals surface area (Å²) in [6.45, 7) is -4.04. The fourth-order valence-electron chi connectivity index (χ4n) is 8.67. The van der Waals surface area contributed by atoms with Crippen LogP contribution in [0.5, 0.6) is 0 Å². The van der Waals surface area contributed by atoms with E-state index < -0.39 is 233 Å². The Morgan fingerprint density at radius 3 is 1.69 bits per heavy atom. The summed E-state index contributed by atoms with van der Waals surface area (Å²) in [5, 5.41) is 177. The van der Waals surface area contributed by atoms with Crippen molar-refractivity contribution in [2.45, 2.75) is 180 Å². The normalized spacial score (nSPS) is 39.0. The zero-order chi connectivity index (χ0) is 56.6. The summed E-state index contributed by atoms with van der Waals surface area (Å²) in [5.41, 5.74) is 0. The van der Waals surface area contributed by atoms with Crippen LogP contribution in [-0.4, -0.2) is 311 Å². The summed E-state index contributed by atoms with van der Waals surface area (Å²) in [6, 6.07) is -5.26. The molecule has 0 bridgehead atoms. The molecule has 0 spiro atoms. The number of aliphatic hydroxyl groups excluding tert-OH is 15. The van der Waals surface area contributed by atoms with Crippen LogP contribution in [0.15, 0.2) is 0 Å². The van der Waals surface area contributed by atoms with Gasteiger partial charge in [0.15, 0.2) is 18.9 Å². The highest BCUT2D eigenvalue weighted by Crippen LogP contribution is 2.36. The van der Waals surface area contributed by atoms with E-state index in [9.17, 15) is 114 Å². The lowest BCUT2D eigenvalue weighted by Gasteiger charge is -2.50. The van der Waals surface area contributed by atoms with Crippen molar-refractivity contribution in [2.75, 3.05) is 39.6 Å². The molecule has 4 aliphatic rings. The first-order valence-corrected chi connectivity index (χ1v) is 24.2. The minimum absolute atomic E-state index is 0.812. The van der Waals surface area contributed by atoms with Crippen LogP contribution in [0, 0.1) is 0 Å². The Labute approximate surface area is 424 Å². The Balaban J connectivity index is 1.61. The van der Waals surface area contributed by atoms with Crippen molar-refractivity contribution in [3.8, 4) is 0 Å². The van der Waals surface area contributed by atoms with Gasteiger partial charge in [-0.15, -0.1) is 0 Å². The van der Waals surface area contributed by atoms with E-state index in [2.05, 4.69) is 20.1 Å². The van der Waals surface area contributed by atoms with E-state index in [-0.39, 0.29) is 0 Å². The summed E-state index contributed by atoms with van der Waals surface area (Å²) in [7, 11) is -5.41. The van der Waals surface area contributed by atoms with Crippen molar-refractivity contribution < 1.29 is 156 Å². The third-order valence-corrected chi connectivity index (χ3v) is 12.8. The third kappa shape index (κ3) is 15.8. The van der Waals surface area contributed by atoms with Gasteiger partial charge in [0.2, 0.25) is 17.7 Å². The van der Waals surface area contributed by atoms with E-state index in [4.69, 9.17) is 37.9 Å². The van der Waals surface area contributed by atoms with E-state index >= 15 is 0 Å². The molecular formula is C39H67N3O32S. The van der Waals surface area contributed by atoms with Gasteiger partial charge in [-0.3, -0.25) is 18.9 Å². The average molecular weight is 1120 g/mol. The lowest BCUT2D eigenvalue weighted by molar-refractivity contribution is -0.369. The number of carbonyl (C=O) groups is 4. The highest BCUT2D eigenvalue weighted by atomic mass is 32.3. The van der Waals surface area contributed by atoms with Gasteiger partial charge in [0, 0.05) is 27.2 Å². The van der Waals surface area contributed by atoms with E-state index in [0.29, 0.717) is 0 Å². The van der Waals surface area contributed by atoms with Gasteiger partial charge >= 0.3 is 16.4 Å². The van der Waals surface area contributed by atoms with Crippen LogP contribution in [0.4, 0.5) is 0 Å². The Morgan fingerprint density at radius 2 is 1.19 bits per heavy atom. The Morgan fingerprint density at radius 1 is 0.653 bits per heavy atom. The molecule has 0 saturated carbocycles. The minimum Gasteiger partial charge on any atom is -0.477 e. The standard InChI is InChI=1S/C39H67N3O32S/c1-11(48)40-14(5-43)30(24(55)17(53)10-66-39(38(61)62)4-15(51)21(41-12(2)49)33(73-39)23(54)16(52)6-44)70-36-28(59)27(58)31(20(9-47)69-36)71-35-22(42-13(3)50)32(25(56)18(7-45)67-35)72-37-29(60)34(74-75(63,64)65)26(57)19(8-46)68-37/h14-37,43-47,51-60H,4-10H2,1-3H3,(H,40,48)(H,41,49)(H,42,50)(H,61,62)(H,63,64,65)/t14-,15-,16+,17+,18+,19+,20+,21+,22+,23+,24-,25-,26-,27+,28+,29+,30+,31-,32+,33+,34-,35+,36-,37-,39+/m0/s1. The summed E-state index contributed by atoms with van der Waals surface area (Å²) in [5.74, 6) is -7.72. The first kappa shape index (κ1) is 64.4. The molecule has 35 nitrogen and oxygen atoms in total. The fraction of sp³-hybridized carbons (Fsp3) is 0.897. The number of nitrogens with one attached hydrogen (secondary N) is 3. The van der Waals surface area contributed by atoms with E-state index in [1.54, 1.807) is 0 Å². The summed E-state index contributed by atoms with van der Waals surface area (Å²) < 4.78 is 81.7. The van der Waals surface area contributed by atoms with Crippen LogP contribution >= 0.6 is 0 Å². The number of rotatable bonds is 25. The molecule has 0 aromatic carbocycles. The van der Waals surface area contributed by atoms with E-state index in [1.807, 2.05) is 0 Å². The van der Waals surface area contributed by atoms with Gasteiger partial charge in [-0.25, -0.2) is 8.98 Å². The van der Waals surface area contributed by atoms with Gasteiger partial charge < -0.3 is 136 Å². The van der Waals surface area contributed by atoms with Gasteiger partial charge in [0.1, 0.15) is 110 Å². The largest absolute Gasteiger partial charge is 0.477 e. The minimum atomic E-state index is -5.41. The molecule has 4 heterocycles. The number of carboxylic acid groups (broad SMARTS) is 1. The van der Waals surface area contributed by atoms with Gasteiger partial charge in [-0.05, 0) is 0 Å². The molecule has 0 aromatic rings. The van der Waals surface area contributed by atoms with Crippen LogP contribution in [0.2, 0.25) is 0 Å². The Bertz CT molecular complexity index is 1980. The van der Waals surface area contributed by atoms with Crippen LogP contribution in [0.25, 0.3) is 0 Å². The number of amides is 3. The fourth-order valence-corrected chi connectivity index (χ4v) is 9.18. The Hall–Kier alpha value is -3.17. The highest BCUT2D eigenvalue weighted by molar-refractivity contribution is 7.80.